The lowest BCUT2D eigenvalue weighted by molar-refractivity contribution is -0.123. The SMILES string of the molecule is O=C(COc1ccc2ccccc2c1)NCCCc1nc2ccccc2[nH]1. The van der Waals surface area contributed by atoms with E-state index in [9.17, 15) is 4.79 Å². The monoisotopic (exact) mass is 359 g/mol. The van der Waals surface area contributed by atoms with Gasteiger partial charge in [0, 0.05) is 13.0 Å². The number of H-pyrrole nitrogens is 1. The zero-order valence-electron chi connectivity index (χ0n) is 14.9. The van der Waals surface area contributed by atoms with Crippen LogP contribution in [0.3, 0.4) is 0 Å². The third-order valence-corrected chi connectivity index (χ3v) is 4.44. The maximum absolute atomic E-state index is 12.0. The van der Waals surface area contributed by atoms with Crippen LogP contribution in [-0.2, 0) is 11.2 Å². The van der Waals surface area contributed by atoms with Crippen molar-refractivity contribution < 1.29 is 9.53 Å². The van der Waals surface area contributed by atoms with E-state index >= 15 is 0 Å². The molecule has 0 saturated heterocycles. The first-order valence-electron chi connectivity index (χ1n) is 9.10. The maximum atomic E-state index is 12.0. The normalized spacial score (nSPS) is 11.0. The van der Waals surface area contributed by atoms with Crippen LogP contribution in [-0.4, -0.2) is 29.0 Å². The standard InChI is InChI=1S/C22H21N3O2/c26-22(15-27-18-12-11-16-6-1-2-7-17(16)14-18)23-13-5-10-21-24-19-8-3-4-9-20(19)25-21/h1-4,6-9,11-12,14H,5,10,13,15H2,(H,23,26)(H,24,25). The Bertz CT molecular complexity index is 1040. The number of carbonyl (C=O) groups excluding carboxylic acids is 1. The van der Waals surface area contributed by atoms with Crippen LogP contribution in [0.25, 0.3) is 21.8 Å². The van der Waals surface area contributed by atoms with E-state index in [1.165, 1.54) is 0 Å². The molecule has 4 aromatic rings. The number of imidazole rings is 1. The number of fused-ring (bicyclic) bond motifs is 2. The summed E-state index contributed by atoms with van der Waals surface area (Å²) in [7, 11) is 0. The molecule has 0 unspecified atom stereocenters. The van der Waals surface area contributed by atoms with E-state index in [-0.39, 0.29) is 12.5 Å². The number of rotatable bonds is 7. The molecular formula is C22H21N3O2. The molecule has 4 rings (SSSR count). The molecule has 0 aliphatic rings. The van der Waals surface area contributed by atoms with Gasteiger partial charge in [-0.15, -0.1) is 0 Å². The molecule has 5 heteroatoms. The molecule has 0 fully saturated rings. The molecule has 5 nitrogen and oxygen atoms in total. The minimum absolute atomic E-state index is 0.0168. The Morgan fingerprint density at radius 2 is 1.81 bits per heavy atom. The summed E-state index contributed by atoms with van der Waals surface area (Å²) in [6.07, 6.45) is 1.61. The van der Waals surface area contributed by atoms with Crippen LogP contribution < -0.4 is 10.1 Å². The fraction of sp³-hybridized carbons (Fsp3) is 0.182. The summed E-state index contributed by atoms with van der Waals surface area (Å²) in [6, 6.07) is 21.9. The average molecular weight is 359 g/mol. The summed E-state index contributed by atoms with van der Waals surface area (Å²) in [6.45, 7) is 0.611. The summed E-state index contributed by atoms with van der Waals surface area (Å²) in [5, 5.41) is 5.14. The van der Waals surface area contributed by atoms with Crippen LogP contribution in [0.4, 0.5) is 0 Å². The van der Waals surface area contributed by atoms with Crippen LogP contribution in [0.1, 0.15) is 12.2 Å². The van der Waals surface area contributed by atoms with Crippen molar-refractivity contribution in [3.8, 4) is 5.75 Å². The predicted molar refractivity (Wildman–Crippen MR) is 107 cm³/mol. The van der Waals surface area contributed by atoms with E-state index in [0.29, 0.717) is 12.3 Å². The van der Waals surface area contributed by atoms with Crippen molar-refractivity contribution in [2.24, 2.45) is 0 Å². The number of carbonyl (C=O) groups is 1. The topological polar surface area (TPSA) is 67.0 Å². The number of para-hydroxylation sites is 2. The zero-order valence-corrected chi connectivity index (χ0v) is 14.9. The van der Waals surface area contributed by atoms with Gasteiger partial charge in [0.2, 0.25) is 0 Å². The second-order valence-electron chi connectivity index (χ2n) is 6.45. The van der Waals surface area contributed by atoms with Crippen molar-refractivity contribution in [2.75, 3.05) is 13.2 Å². The van der Waals surface area contributed by atoms with Gasteiger partial charge in [-0.2, -0.15) is 0 Å². The molecule has 0 aliphatic heterocycles. The minimum atomic E-state index is -0.118. The zero-order chi connectivity index (χ0) is 18.5. The van der Waals surface area contributed by atoms with Crippen LogP contribution in [0.15, 0.2) is 66.7 Å². The van der Waals surface area contributed by atoms with E-state index in [4.69, 9.17) is 4.74 Å². The smallest absolute Gasteiger partial charge is 0.257 e. The second-order valence-corrected chi connectivity index (χ2v) is 6.45. The highest BCUT2D eigenvalue weighted by Crippen LogP contribution is 2.20. The highest BCUT2D eigenvalue weighted by Gasteiger charge is 2.05. The van der Waals surface area contributed by atoms with Crippen molar-refractivity contribution in [1.82, 2.24) is 15.3 Å². The Morgan fingerprint density at radius 3 is 2.70 bits per heavy atom. The average Bonchev–Trinajstić information content (AvgIpc) is 3.12. The molecular weight excluding hydrogens is 338 g/mol. The van der Waals surface area contributed by atoms with E-state index in [1.807, 2.05) is 66.7 Å². The van der Waals surface area contributed by atoms with Gasteiger partial charge in [0.1, 0.15) is 11.6 Å². The Labute approximate surface area is 157 Å². The van der Waals surface area contributed by atoms with Gasteiger partial charge in [-0.3, -0.25) is 4.79 Å². The fourth-order valence-corrected chi connectivity index (χ4v) is 3.06. The number of nitrogens with one attached hydrogen (secondary N) is 2. The van der Waals surface area contributed by atoms with E-state index in [2.05, 4.69) is 15.3 Å². The van der Waals surface area contributed by atoms with Gasteiger partial charge in [-0.25, -0.2) is 4.98 Å². The molecule has 136 valence electrons. The molecule has 0 spiro atoms. The Hall–Kier alpha value is -3.34. The number of benzene rings is 3. The van der Waals surface area contributed by atoms with Crippen LogP contribution in [0, 0.1) is 0 Å². The first-order chi connectivity index (χ1) is 13.3. The lowest BCUT2D eigenvalue weighted by Crippen LogP contribution is -2.29. The van der Waals surface area contributed by atoms with E-state index < -0.39 is 0 Å². The third kappa shape index (κ3) is 4.26. The third-order valence-electron chi connectivity index (χ3n) is 4.44. The largest absolute Gasteiger partial charge is 0.484 e. The first kappa shape index (κ1) is 17.1. The molecule has 0 aliphatic carbocycles. The summed E-state index contributed by atoms with van der Waals surface area (Å²) >= 11 is 0. The molecule has 2 N–H and O–H groups in total. The Morgan fingerprint density at radius 1 is 1.00 bits per heavy atom. The van der Waals surface area contributed by atoms with Gasteiger partial charge in [-0.05, 0) is 41.5 Å². The summed E-state index contributed by atoms with van der Waals surface area (Å²) in [5.41, 5.74) is 2.01. The maximum Gasteiger partial charge on any atom is 0.257 e. The molecule has 0 saturated carbocycles. The molecule has 3 aromatic carbocycles. The molecule has 0 radical (unpaired) electrons. The van der Waals surface area contributed by atoms with Crippen molar-refractivity contribution in [3.63, 3.8) is 0 Å². The molecule has 0 atom stereocenters. The van der Waals surface area contributed by atoms with Crippen molar-refractivity contribution in [1.29, 1.82) is 0 Å². The summed E-state index contributed by atoms with van der Waals surface area (Å²) in [4.78, 5) is 19.8. The summed E-state index contributed by atoms with van der Waals surface area (Å²) in [5.74, 6) is 1.52. The molecule has 1 heterocycles. The van der Waals surface area contributed by atoms with Gasteiger partial charge >= 0.3 is 0 Å². The number of aryl methyl sites for hydroxylation is 1. The minimum Gasteiger partial charge on any atom is -0.484 e. The number of hydrogen-bond acceptors (Lipinski definition) is 3. The van der Waals surface area contributed by atoms with E-state index in [0.717, 1.165) is 40.5 Å². The van der Waals surface area contributed by atoms with Crippen LogP contribution in [0.2, 0.25) is 0 Å². The number of hydrogen-bond donors (Lipinski definition) is 2. The van der Waals surface area contributed by atoms with Gasteiger partial charge in [0.15, 0.2) is 6.61 Å². The Balaban J connectivity index is 1.21. The van der Waals surface area contributed by atoms with Crippen molar-refractivity contribution in [2.45, 2.75) is 12.8 Å². The number of ether oxygens (including phenoxy) is 1. The van der Waals surface area contributed by atoms with Gasteiger partial charge < -0.3 is 15.0 Å². The molecule has 0 bridgehead atoms. The second kappa shape index (κ2) is 7.91. The number of aromatic nitrogens is 2. The first-order valence-corrected chi connectivity index (χ1v) is 9.10. The number of amides is 1. The molecule has 1 aromatic heterocycles. The van der Waals surface area contributed by atoms with E-state index in [1.54, 1.807) is 0 Å². The van der Waals surface area contributed by atoms with Crippen LogP contribution >= 0.6 is 0 Å². The van der Waals surface area contributed by atoms with Gasteiger partial charge in [0.05, 0.1) is 11.0 Å². The predicted octanol–water partition coefficient (Wildman–Crippen LogP) is 3.84. The highest BCUT2D eigenvalue weighted by atomic mass is 16.5. The Kier molecular flexibility index (Phi) is 5.01. The lowest BCUT2D eigenvalue weighted by atomic mass is 10.1. The lowest BCUT2D eigenvalue weighted by Gasteiger charge is -2.08. The van der Waals surface area contributed by atoms with Crippen molar-refractivity contribution in [3.05, 3.63) is 72.6 Å². The summed E-state index contributed by atoms with van der Waals surface area (Å²) < 4.78 is 5.60. The van der Waals surface area contributed by atoms with Gasteiger partial charge in [0.25, 0.3) is 5.91 Å². The van der Waals surface area contributed by atoms with Gasteiger partial charge in [-0.1, -0.05) is 42.5 Å². The highest BCUT2D eigenvalue weighted by molar-refractivity contribution is 5.84. The molecule has 1 amide bonds. The number of aromatic amines is 1. The number of nitrogens with zero attached hydrogens (tertiary/aromatic N) is 1. The molecule has 27 heavy (non-hydrogen) atoms. The fourth-order valence-electron chi connectivity index (χ4n) is 3.06. The quantitative estimate of drug-likeness (QED) is 0.493. The van der Waals surface area contributed by atoms with Crippen LogP contribution in [0.5, 0.6) is 5.75 Å². The van der Waals surface area contributed by atoms with Crippen molar-refractivity contribution >= 4 is 27.7 Å².